The Labute approximate surface area is 107 Å². The van der Waals surface area contributed by atoms with E-state index in [4.69, 9.17) is 4.74 Å². The quantitative estimate of drug-likeness (QED) is 0.714. The number of ether oxygens (including phenoxy) is 1. The van der Waals surface area contributed by atoms with Crippen LogP contribution in [0.3, 0.4) is 0 Å². The van der Waals surface area contributed by atoms with Gasteiger partial charge in [0.05, 0.1) is 0 Å². The first-order valence-corrected chi connectivity index (χ1v) is 6.15. The largest absolute Gasteiger partial charge is 0.454 e. The van der Waals surface area contributed by atoms with Gasteiger partial charge in [-0.2, -0.15) is 0 Å². The Bertz CT molecular complexity index is 341. The second-order valence-corrected chi connectivity index (χ2v) is 4.63. The lowest BCUT2D eigenvalue weighted by Gasteiger charge is -2.24. The van der Waals surface area contributed by atoms with Gasteiger partial charge in [-0.1, -0.05) is 13.8 Å². The number of carbonyl (C=O) groups is 3. The van der Waals surface area contributed by atoms with Gasteiger partial charge < -0.3 is 15.0 Å². The van der Waals surface area contributed by atoms with E-state index in [-0.39, 0.29) is 24.3 Å². The molecule has 1 N–H and O–H groups in total. The van der Waals surface area contributed by atoms with E-state index < -0.39 is 12.0 Å². The second-order valence-electron chi connectivity index (χ2n) is 4.63. The lowest BCUT2D eigenvalue weighted by Crippen LogP contribution is -2.44. The number of hydrogen-bond acceptors (Lipinski definition) is 4. The smallest absolute Gasteiger partial charge is 0.329 e. The predicted molar refractivity (Wildman–Crippen MR) is 64.6 cm³/mol. The summed E-state index contributed by atoms with van der Waals surface area (Å²) in [6.45, 7) is 3.88. The lowest BCUT2D eigenvalue weighted by molar-refractivity contribution is -0.156. The van der Waals surface area contributed by atoms with Gasteiger partial charge in [0.2, 0.25) is 5.91 Å². The van der Waals surface area contributed by atoms with Crippen LogP contribution in [0.2, 0.25) is 0 Å². The Morgan fingerprint density at radius 2 is 2.06 bits per heavy atom. The van der Waals surface area contributed by atoms with Gasteiger partial charge in [-0.05, 0) is 12.8 Å². The molecule has 0 aliphatic carbocycles. The zero-order chi connectivity index (χ0) is 13.7. The number of amides is 2. The van der Waals surface area contributed by atoms with E-state index in [1.54, 1.807) is 18.7 Å². The molecule has 1 saturated heterocycles. The van der Waals surface area contributed by atoms with E-state index in [2.05, 4.69) is 5.32 Å². The van der Waals surface area contributed by atoms with Gasteiger partial charge in [0.15, 0.2) is 6.61 Å². The normalized spacial score (nSPS) is 18.9. The molecule has 0 saturated carbocycles. The maximum atomic E-state index is 11.9. The van der Waals surface area contributed by atoms with Crippen molar-refractivity contribution < 1.29 is 19.1 Å². The molecule has 1 unspecified atom stereocenters. The summed E-state index contributed by atoms with van der Waals surface area (Å²) in [6, 6.07) is -0.537. The van der Waals surface area contributed by atoms with Gasteiger partial charge >= 0.3 is 5.97 Å². The SMILES string of the molecule is CNC(=O)COC(=O)C1CCCN1C(=O)C(C)C. The van der Waals surface area contributed by atoms with Crippen molar-refractivity contribution in [3.05, 3.63) is 0 Å². The number of carbonyl (C=O) groups excluding carboxylic acids is 3. The lowest BCUT2D eigenvalue weighted by atomic mass is 10.1. The fourth-order valence-electron chi connectivity index (χ4n) is 1.91. The summed E-state index contributed by atoms with van der Waals surface area (Å²) >= 11 is 0. The standard InChI is InChI=1S/C12H20N2O4/c1-8(2)11(16)14-6-4-5-9(14)12(17)18-7-10(15)13-3/h8-9H,4-7H2,1-3H3,(H,13,15). The zero-order valence-electron chi connectivity index (χ0n) is 11.1. The van der Waals surface area contributed by atoms with Crippen molar-refractivity contribution in [2.24, 2.45) is 5.92 Å². The van der Waals surface area contributed by atoms with Crippen LogP contribution in [0.1, 0.15) is 26.7 Å². The van der Waals surface area contributed by atoms with Gasteiger partial charge in [-0.3, -0.25) is 9.59 Å². The highest BCUT2D eigenvalue weighted by Crippen LogP contribution is 2.20. The van der Waals surface area contributed by atoms with Crippen molar-refractivity contribution >= 4 is 17.8 Å². The fraction of sp³-hybridized carbons (Fsp3) is 0.750. The molecule has 6 nitrogen and oxygen atoms in total. The van der Waals surface area contributed by atoms with Crippen LogP contribution in [0.25, 0.3) is 0 Å². The molecule has 1 atom stereocenters. The van der Waals surface area contributed by atoms with E-state index in [9.17, 15) is 14.4 Å². The molecule has 0 aromatic rings. The molecule has 1 heterocycles. The number of nitrogens with one attached hydrogen (secondary N) is 1. The maximum absolute atomic E-state index is 11.9. The summed E-state index contributed by atoms with van der Waals surface area (Å²) in [7, 11) is 1.47. The van der Waals surface area contributed by atoms with E-state index in [1.807, 2.05) is 0 Å². The van der Waals surface area contributed by atoms with Gasteiger partial charge in [-0.25, -0.2) is 4.79 Å². The number of likely N-dealkylation sites (tertiary alicyclic amines) is 1. The van der Waals surface area contributed by atoms with E-state index >= 15 is 0 Å². The third-order valence-electron chi connectivity index (χ3n) is 2.93. The molecule has 1 fully saturated rings. The molecule has 1 aliphatic heterocycles. The molecule has 102 valence electrons. The molecule has 0 radical (unpaired) electrons. The van der Waals surface area contributed by atoms with E-state index in [1.165, 1.54) is 7.05 Å². The van der Waals surface area contributed by atoms with E-state index in [0.717, 1.165) is 6.42 Å². The summed E-state index contributed by atoms with van der Waals surface area (Å²) < 4.78 is 4.89. The third-order valence-corrected chi connectivity index (χ3v) is 2.93. The molecular weight excluding hydrogens is 236 g/mol. The van der Waals surface area contributed by atoms with Crippen molar-refractivity contribution in [3.63, 3.8) is 0 Å². The van der Waals surface area contributed by atoms with Crippen LogP contribution < -0.4 is 5.32 Å². The minimum atomic E-state index is -0.537. The first kappa shape index (κ1) is 14.5. The van der Waals surface area contributed by atoms with Crippen LogP contribution in [0, 0.1) is 5.92 Å². The zero-order valence-corrected chi connectivity index (χ0v) is 11.1. The first-order chi connectivity index (χ1) is 8.47. The molecular formula is C12H20N2O4. The Morgan fingerprint density at radius 3 is 2.61 bits per heavy atom. The monoisotopic (exact) mass is 256 g/mol. The molecule has 6 heteroatoms. The Morgan fingerprint density at radius 1 is 1.39 bits per heavy atom. The van der Waals surface area contributed by atoms with Crippen LogP contribution in [-0.4, -0.2) is 48.9 Å². The summed E-state index contributed by atoms with van der Waals surface area (Å²) in [6.07, 6.45) is 1.39. The highest BCUT2D eigenvalue weighted by Gasteiger charge is 2.36. The topological polar surface area (TPSA) is 75.7 Å². The Balaban J connectivity index is 2.56. The average Bonchev–Trinajstić information content (AvgIpc) is 2.83. The van der Waals surface area contributed by atoms with Gasteiger partial charge in [0.25, 0.3) is 5.91 Å². The van der Waals surface area contributed by atoms with Crippen molar-refractivity contribution in [1.29, 1.82) is 0 Å². The van der Waals surface area contributed by atoms with Crippen molar-refractivity contribution in [1.82, 2.24) is 10.2 Å². The van der Waals surface area contributed by atoms with Crippen molar-refractivity contribution in [2.45, 2.75) is 32.7 Å². The highest BCUT2D eigenvalue weighted by atomic mass is 16.5. The van der Waals surface area contributed by atoms with Gasteiger partial charge in [0, 0.05) is 19.5 Å². The Hall–Kier alpha value is -1.59. The van der Waals surface area contributed by atoms with Crippen molar-refractivity contribution in [3.8, 4) is 0 Å². The minimum Gasteiger partial charge on any atom is -0.454 e. The number of hydrogen-bond donors (Lipinski definition) is 1. The number of esters is 1. The molecule has 0 aromatic heterocycles. The third kappa shape index (κ3) is 3.45. The molecule has 0 spiro atoms. The van der Waals surface area contributed by atoms with Gasteiger partial charge in [0.1, 0.15) is 6.04 Å². The van der Waals surface area contributed by atoms with Crippen LogP contribution in [0.4, 0.5) is 0 Å². The predicted octanol–water partition coefficient (Wildman–Crippen LogP) is -0.0774. The number of likely N-dealkylation sites (N-methyl/N-ethyl adjacent to an activating group) is 1. The second kappa shape index (κ2) is 6.37. The number of nitrogens with zero attached hydrogens (tertiary/aromatic N) is 1. The molecule has 1 rings (SSSR count). The fourth-order valence-corrected chi connectivity index (χ4v) is 1.91. The molecule has 0 aromatic carbocycles. The Kier molecular flexibility index (Phi) is 5.12. The average molecular weight is 256 g/mol. The van der Waals surface area contributed by atoms with Crippen LogP contribution in [-0.2, 0) is 19.1 Å². The summed E-state index contributed by atoms with van der Waals surface area (Å²) in [5, 5.41) is 2.37. The maximum Gasteiger partial charge on any atom is 0.329 e. The summed E-state index contributed by atoms with van der Waals surface area (Å²) in [5.74, 6) is -1.04. The van der Waals surface area contributed by atoms with Crippen LogP contribution in [0.15, 0.2) is 0 Å². The van der Waals surface area contributed by atoms with Gasteiger partial charge in [-0.15, -0.1) is 0 Å². The molecule has 0 bridgehead atoms. The van der Waals surface area contributed by atoms with Crippen LogP contribution >= 0.6 is 0 Å². The minimum absolute atomic E-state index is 0.0469. The first-order valence-electron chi connectivity index (χ1n) is 6.15. The van der Waals surface area contributed by atoms with E-state index in [0.29, 0.717) is 13.0 Å². The molecule has 18 heavy (non-hydrogen) atoms. The van der Waals surface area contributed by atoms with Crippen LogP contribution in [0.5, 0.6) is 0 Å². The summed E-state index contributed by atoms with van der Waals surface area (Å²) in [5.41, 5.74) is 0. The molecule has 2 amide bonds. The molecule has 1 aliphatic rings. The summed E-state index contributed by atoms with van der Waals surface area (Å²) in [4.78, 5) is 36.2. The number of rotatable bonds is 4. The van der Waals surface area contributed by atoms with Crippen molar-refractivity contribution in [2.75, 3.05) is 20.2 Å². The highest BCUT2D eigenvalue weighted by molar-refractivity contribution is 5.87.